The van der Waals surface area contributed by atoms with E-state index >= 15 is 0 Å². The Balaban J connectivity index is 3.01. The van der Waals surface area contributed by atoms with Gasteiger partial charge in [0.15, 0.2) is 0 Å². The average molecular weight is 194 g/mol. The number of aryl methyl sites for hydroxylation is 1. The van der Waals surface area contributed by atoms with Gasteiger partial charge in [0.1, 0.15) is 5.75 Å². The molecule has 1 rings (SSSR count). The van der Waals surface area contributed by atoms with Gasteiger partial charge in [0.25, 0.3) is 0 Å². The highest BCUT2D eigenvalue weighted by Gasteiger charge is 2.07. The van der Waals surface area contributed by atoms with Crippen molar-refractivity contribution in [1.82, 2.24) is 0 Å². The molecule has 0 aliphatic rings. The van der Waals surface area contributed by atoms with Crippen molar-refractivity contribution in [2.45, 2.75) is 26.2 Å². The molecule has 1 aromatic rings. The lowest BCUT2D eigenvalue weighted by Gasteiger charge is -2.12. The van der Waals surface area contributed by atoms with Crippen LogP contribution < -0.4 is 4.74 Å². The van der Waals surface area contributed by atoms with E-state index in [1.54, 1.807) is 7.11 Å². The summed E-state index contributed by atoms with van der Waals surface area (Å²) in [5, 5.41) is 9.04. The number of hydrogen-bond donors (Lipinski definition) is 1. The van der Waals surface area contributed by atoms with Gasteiger partial charge in [-0.1, -0.05) is 26.0 Å². The first-order valence-corrected chi connectivity index (χ1v) is 5.00. The Morgan fingerprint density at radius 2 is 2.14 bits per heavy atom. The molecule has 0 radical (unpaired) electrons. The molecule has 1 atom stereocenters. The molecule has 1 unspecified atom stereocenters. The van der Waals surface area contributed by atoms with E-state index in [0.29, 0.717) is 0 Å². The predicted octanol–water partition coefficient (Wildman–Crippen LogP) is 2.35. The monoisotopic (exact) mass is 194 g/mol. The maximum atomic E-state index is 9.04. The van der Waals surface area contributed by atoms with Crippen LogP contribution in [-0.2, 0) is 6.42 Å². The van der Waals surface area contributed by atoms with Crippen LogP contribution in [0.4, 0.5) is 0 Å². The lowest BCUT2D eigenvalue weighted by molar-refractivity contribution is 0.273. The Morgan fingerprint density at radius 3 is 2.64 bits per heavy atom. The predicted molar refractivity (Wildman–Crippen MR) is 57.9 cm³/mol. The van der Waals surface area contributed by atoms with Crippen LogP contribution in [0.5, 0.6) is 5.75 Å². The normalized spacial score (nSPS) is 12.6. The van der Waals surface area contributed by atoms with E-state index < -0.39 is 0 Å². The molecule has 0 aliphatic carbocycles. The van der Waals surface area contributed by atoms with E-state index in [4.69, 9.17) is 9.84 Å². The summed E-state index contributed by atoms with van der Waals surface area (Å²) in [5.41, 5.74) is 2.34. The highest BCUT2D eigenvalue weighted by molar-refractivity contribution is 5.38. The first-order chi connectivity index (χ1) is 6.72. The minimum absolute atomic E-state index is 0.175. The van der Waals surface area contributed by atoms with Gasteiger partial charge in [-0.2, -0.15) is 0 Å². The summed E-state index contributed by atoms with van der Waals surface area (Å²) in [4.78, 5) is 0. The number of ether oxygens (including phenoxy) is 1. The van der Waals surface area contributed by atoms with Gasteiger partial charge in [0, 0.05) is 12.5 Å². The molecule has 1 aromatic carbocycles. The number of rotatable bonds is 4. The maximum Gasteiger partial charge on any atom is 0.122 e. The molecule has 0 aliphatic heterocycles. The largest absolute Gasteiger partial charge is 0.496 e. The van der Waals surface area contributed by atoms with Crippen LogP contribution in [0, 0.1) is 0 Å². The highest BCUT2D eigenvalue weighted by Crippen LogP contribution is 2.24. The van der Waals surface area contributed by atoms with E-state index in [9.17, 15) is 0 Å². The molecular weight excluding hydrogens is 176 g/mol. The van der Waals surface area contributed by atoms with Gasteiger partial charge in [-0.25, -0.2) is 0 Å². The van der Waals surface area contributed by atoms with Gasteiger partial charge >= 0.3 is 0 Å². The number of hydrogen-bond acceptors (Lipinski definition) is 2. The van der Waals surface area contributed by atoms with Crippen LogP contribution in [-0.4, -0.2) is 18.8 Å². The summed E-state index contributed by atoms with van der Waals surface area (Å²) >= 11 is 0. The van der Waals surface area contributed by atoms with Crippen LogP contribution in [0.2, 0.25) is 0 Å². The van der Waals surface area contributed by atoms with Gasteiger partial charge in [-0.05, 0) is 23.6 Å². The summed E-state index contributed by atoms with van der Waals surface area (Å²) in [5.74, 6) is 1.10. The van der Waals surface area contributed by atoms with E-state index in [-0.39, 0.29) is 12.5 Å². The smallest absolute Gasteiger partial charge is 0.122 e. The fourth-order valence-corrected chi connectivity index (χ4v) is 1.47. The Bertz CT molecular complexity index is 294. The summed E-state index contributed by atoms with van der Waals surface area (Å²) in [6, 6.07) is 6.14. The number of methoxy groups -OCH3 is 1. The second kappa shape index (κ2) is 5.01. The fourth-order valence-electron chi connectivity index (χ4n) is 1.47. The molecule has 0 heterocycles. The van der Waals surface area contributed by atoms with Crippen molar-refractivity contribution in [1.29, 1.82) is 0 Å². The first-order valence-electron chi connectivity index (χ1n) is 5.00. The molecule has 2 heteroatoms. The molecule has 78 valence electrons. The van der Waals surface area contributed by atoms with Crippen LogP contribution in [0.3, 0.4) is 0 Å². The van der Waals surface area contributed by atoms with Crippen molar-refractivity contribution in [3.8, 4) is 5.75 Å². The number of benzene rings is 1. The molecule has 2 nitrogen and oxygen atoms in total. The minimum Gasteiger partial charge on any atom is -0.496 e. The lowest BCUT2D eigenvalue weighted by Crippen LogP contribution is -2.00. The first kappa shape index (κ1) is 11.1. The summed E-state index contributed by atoms with van der Waals surface area (Å²) in [6.45, 7) is 4.28. The van der Waals surface area contributed by atoms with Crippen molar-refractivity contribution in [2.75, 3.05) is 13.7 Å². The molecule has 0 amide bonds. The van der Waals surface area contributed by atoms with Crippen LogP contribution in [0.15, 0.2) is 18.2 Å². The molecule has 0 fully saturated rings. The van der Waals surface area contributed by atoms with Crippen molar-refractivity contribution in [3.63, 3.8) is 0 Å². The average Bonchev–Trinajstić information content (AvgIpc) is 2.26. The van der Waals surface area contributed by atoms with Crippen LogP contribution in [0.25, 0.3) is 0 Å². The molecule has 14 heavy (non-hydrogen) atoms. The summed E-state index contributed by atoms with van der Waals surface area (Å²) < 4.78 is 5.29. The zero-order valence-electron chi connectivity index (χ0n) is 9.08. The van der Waals surface area contributed by atoms with Gasteiger partial charge in [0.2, 0.25) is 0 Å². The van der Waals surface area contributed by atoms with Crippen LogP contribution in [0.1, 0.15) is 30.9 Å². The Labute approximate surface area is 85.5 Å². The van der Waals surface area contributed by atoms with Gasteiger partial charge in [-0.15, -0.1) is 0 Å². The molecular formula is C12H18O2. The van der Waals surface area contributed by atoms with E-state index in [1.807, 2.05) is 13.0 Å². The quantitative estimate of drug-likeness (QED) is 0.797. The van der Waals surface area contributed by atoms with Crippen molar-refractivity contribution >= 4 is 0 Å². The van der Waals surface area contributed by atoms with E-state index in [1.165, 1.54) is 5.56 Å². The van der Waals surface area contributed by atoms with E-state index in [0.717, 1.165) is 17.7 Å². The zero-order valence-corrected chi connectivity index (χ0v) is 9.08. The Hall–Kier alpha value is -1.02. The third-order valence-corrected chi connectivity index (χ3v) is 2.53. The molecule has 0 saturated carbocycles. The number of aliphatic hydroxyl groups is 1. The standard InChI is InChI=1S/C12H18O2/c1-4-10-5-6-11(9(2)8-13)7-12(10)14-3/h5-7,9,13H,4,8H2,1-3H3. The third kappa shape index (κ3) is 2.26. The van der Waals surface area contributed by atoms with Gasteiger partial charge < -0.3 is 9.84 Å². The fraction of sp³-hybridized carbons (Fsp3) is 0.500. The third-order valence-electron chi connectivity index (χ3n) is 2.53. The summed E-state index contributed by atoms with van der Waals surface area (Å²) in [7, 11) is 1.68. The van der Waals surface area contributed by atoms with E-state index in [2.05, 4.69) is 19.1 Å². The maximum absolute atomic E-state index is 9.04. The SMILES string of the molecule is CCc1ccc(C(C)CO)cc1OC. The van der Waals surface area contributed by atoms with Crippen molar-refractivity contribution in [2.24, 2.45) is 0 Å². The molecule has 0 bridgehead atoms. The molecule has 0 spiro atoms. The Kier molecular flexibility index (Phi) is 3.96. The Morgan fingerprint density at radius 1 is 1.43 bits per heavy atom. The molecule has 0 aromatic heterocycles. The summed E-state index contributed by atoms with van der Waals surface area (Å²) in [6.07, 6.45) is 0.969. The minimum atomic E-state index is 0.175. The highest BCUT2D eigenvalue weighted by atomic mass is 16.5. The van der Waals surface area contributed by atoms with Crippen molar-refractivity contribution < 1.29 is 9.84 Å². The zero-order chi connectivity index (χ0) is 10.6. The van der Waals surface area contributed by atoms with Crippen molar-refractivity contribution in [3.05, 3.63) is 29.3 Å². The number of aliphatic hydroxyl groups excluding tert-OH is 1. The topological polar surface area (TPSA) is 29.5 Å². The second-order valence-corrected chi connectivity index (χ2v) is 3.51. The molecule has 0 saturated heterocycles. The lowest BCUT2D eigenvalue weighted by atomic mass is 9.99. The molecule has 1 N–H and O–H groups in total. The van der Waals surface area contributed by atoms with Gasteiger partial charge in [-0.3, -0.25) is 0 Å². The van der Waals surface area contributed by atoms with Gasteiger partial charge in [0.05, 0.1) is 7.11 Å². The van der Waals surface area contributed by atoms with Crippen LogP contribution >= 0.6 is 0 Å². The second-order valence-electron chi connectivity index (χ2n) is 3.51.